The van der Waals surface area contributed by atoms with Gasteiger partial charge in [-0.3, -0.25) is 4.79 Å². The monoisotopic (exact) mass is 388 g/mol. The average molecular weight is 389 g/mol. The van der Waals surface area contributed by atoms with Gasteiger partial charge in [0.05, 0.1) is 26.4 Å². The van der Waals surface area contributed by atoms with Crippen LogP contribution in [-0.2, 0) is 0 Å². The van der Waals surface area contributed by atoms with Gasteiger partial charge in [0.15, 0.2) is 17.3 Å². The van der Waals surface area contributed by atoms with Gasteiger partial charge in [-0.15, -0.1) is 0 Å². The van der Waals surface area contributed by atoms with Crippen molar-refractivity contribution < 1.29 is 19.0 Å². The number of halogens is 1. The molecule has 0 spiro atoms. The molecule has 2 aromatic rings. The molecule has 4 nitrogen and oxygen atoms in total. The zero-order valence-corrected chi connectivity index (χ0v) is 15.1. The predicted molar refractivity (Wildman–Crippen MR) is 96.1 cm³/mol. The van der Waals surface area contributed by atoms with Crippen LogP contribution in [0.1, 0.15) is 22.3 Å². The summed E-state index contributed by atoms with van der Waals surface area (Å²) in [5.41, 5.74) is 2.18. The lowest BCUT2D eigenvalue weighted by Gasteiger charge is -2.09. The van der Waals surface area contributed by atoms with Crippen LogP contribution in [0.15, 0.2) is 46.4 Å². The highest BCUT2D eigenvalue weighted by Crippen LogP contribution is 2.32. The Balaban J connectivity index is 1.98. The number of Topliss-reactive ketones (excluding diaryl/α,β-unsaturated/α-hetero) is 1. The van der Waals surface area contributed by atoms with Gasteiger partial charge in [-0.25, -0.2) is 0 Å². The first-order chi connectivity index (χ1) is 11.6. The topological polar surface area (TPSA) is 44.8 Å². The minimum Gasteiger partial charge on any atom is -0.493 e. The summed E-state index contributed by atoms with van der Waals surface area (Å²) in [5.74, 6) is 1.90. The minimum atomic E-state index is -0.00946. The summed E-state index contributed by atoms with van der Waals surface area (Å²) < 4.78 is 17.2. The Morgan fingerprint density at radius 3 is 2.62 bits per heavy atom. The number of ether oxygens (including phenoxy) is 3. The highest BCUT2D eigenvalue weighted by molar-refractivity contribution is 9.10. The van der Waals surface area contributed by atoms with E-state index in [1.54, 1.807) is 20.3 Å². The van der Waals surface area contributed by atoms with Gasteiger partial charge in [0.25, 0.3) is 0 Å². The molecule has 0 aliphatic carbocycles. The first kappa shape index (κ1) is 16.6. The van der Waals surface area contributed by atoms with Crippen LogP contribution >= 0.6 is 15.9 Å². The maximum Gasteiger partial charge on any atom is 0.192 e. The second-order valence-electron chi connectivity index (χ2n) is 5.35. The van der Waals surface area contributed by atoms with Crippen molar-refractivity contribution in [1.29, 1.82) is 0 Å². The number of benzene rings is 2. The summed E-state index contributed by atoms with van der Waals surface area (Å²) in [4.78, 5) is 12.8. The molecule has 0 radical (unpaired) electrons. The van der Waals surface area contributed by atoms with Gasteiger partial charge in [0.1, 0.15) is 5.75 Å². The number of ketones is 1. The highest BCUT2D eigenvalue weighted by atomic mass is 79.9. The summed E-state index contributed by atoms with van der Waals surface area (Å²) in [7, 11) is 3.19. The van der Waals surface area contributed by atoms with Gasteiger partial charge in [0, 0.05) is 16.5 Å². The van der Waals surface area contributed by atoms with E-state index in [1.165, 1.54) is 0 Å². The first-order valence-electron chi connectivity index (χ1n) is 7.52. The smallest absolute Gasteiger partial charge is 0.192 e. The fourth-order valence-corrected chi connectivity index (χ4v) is 2.98. The Morgan fingerprint density at radius 2 is 1.88 bits per heavy atom. The van der Waals surface area contributed by atoms with Crippen LogP contribution in [0.2, 0.25) is 0 Å². The lowest BCUT2D eigenvalue weighted by Crippen LogP contribution is -2.02. The largest absolute Gasteiger partial charge is 0.493 e. The zero-order chi connectivity index (χ0) is 17.1. The van der Waals surface area contributed by atoms with Gasteiger partial charge >= 0.3 is 0 Å². The molecule has 1 aliphatic rings. The Morgan fingerprint density at radius 1 is 1.08 bits per heavy atom. The molecule has 1 aliphatic heterocycles. The summed E-state index contributed by atoms with van der Waals surface area (Å²) in [6, 6.07) is 11.0. The molecule has 0 saturated heterocycles. The highest BCUT2D eigenvalue weighted by Gasteiger charge is 2.21. The third-order valence-corrected chi connectivity index (χ3v) is 4.35. The fourth-order valence-electron chi connectivity index (χ4n) is 2.64. The number of hydrogen-bond acceptors (Lipinski definition) is 4. The number of hydrogen-bond donors (Lipinski definition) is 0. The summed E-state index contributed by atoms with van der Waals surface area (Å²) in [5, 5.41) is 0. The molecule has 124 valence electrons. The second-order valence-corrected chi connectivity index (χ2v) is 6.27. The normalized spacial score (nSPS) is 15.5. The molecular weight excluding hydrogens is 372 g/mol. The Kier molecular flexibility index (Phi) is 4.90. The molecule has 0 aromatic heterocycles. The van der Waals surface area contributed by atoms with Gasteiger partial charge in [0.2, 0.25) is 0 Å². The quantitative estimate of drug-likeness (QED) is 0.725. The van der Waals surface area contributed by atoms with Crippen LogP contribution in [-0.4, -0.2) is 26.6 Å². The standard InChI is InChI=1S/C19H17BrO4/c1-22-16-6-3-12(10-18(16)23-2)9-13-7-8-24-17-11-14(20)4-5-15(17)19(13)21/h3-6,9-11H,7-8H2,1-2H3/b13-9+. The summed E-state index contributed by atoms with van der Waals surface area (Å²) in [6.45, 7) is 0.467. The zero-order valence-electron chi connectivity index (χ0n) is 13.5. The number of carbonyl (C=O) groups is 1. The second kappa shape index (κ2) is 7.09. The molecular formula is C19H17BrO4. The molecule has 3 rings (SSSR count). The third-order valence-electron chi connectivity index (χ3n) is 3.86. The van der Waals surface area contributed by atoms with Crippen molar-refractivity contribution in [2.24, 2.45) is 0 Å². The Hall–Kier alpha value is -2.27. The predicted octanol–water partition coefficient (Wildman–Crippen LogP) is 4.52. The molecule has 2 aromatic carbocycles. The molecule has 24 heavy (non-hydrogen) atoms. The fraction of sp³-hybridized carbons (Fsp3) is 0.211. The van der Waals surface area contributed by atoms with Crippen LogP contribution in [0.3, 0.4) is 0 Å². The van der Waals surface area contributed by atoms with E-state index < -0.39 is 0 Å². The minimum absolute atomic E-state index is 0.00946. The van der Waals surface area contributed by atoms with Crippen LogP contribution in [0.5, 0.6) is 17.2 Å². The van der Waals surface area contributed by atoms with Crippen molar-refractivity contribution in [3.05, 3.63) is 57.6 Å². The maximum atomic E-state index is 12.8. The van der Waals surface area contributed by atoms with Crippen LogP contribution in [0.25, 0.3) is 6.08 Å². The van der Waals surface area contributed by atoms with E-state index in [2.05, 4.69) is 15.9 Å². The molecule has 0 atom stereocenters. The van der Waals surface area contributed by atoms with Crippen LogP contribution < -0.4 is 14.2 Å². The van der Waals surface area contributed by atoms with E-state index in [4.69, 9.17) is 14.2 Å². The van der Waals surface area contributed by atoms with E-state index in [0.717, 1.165) is 10.0 Å². The van der Waals surface area contributed by atoms with E-state index in [9.17, 15) is 4.79 Å². The van der Waals surface area contributed by atoms with Gasteiger partial charge in [-0.1, -0.05) is 22.0 Å². The lowest BCUT2D eigenvalue weighted by molar-refractivity contribution is 0.103. The van der Waals surface area contributed by atoms with Gasteiger partial charge in [-0.05, 0) is 42.0 Å². The van der Waals surface area contributed by atoms with Crippen molar-refractivity contribution in [2.75, 3.05) is 20.8 Å². The third kappa shape index (κ3) is 3.31. The van der Waals surface area contributed by atoms with Crippen LogP contribution in [0.4, 0.5) is 0 Å². The maximum absolute atomic E-state index is 12.8. The number of carbonyl (C=O) groups excluding carboxylic acids is 1. The van der Waals surface area contributed by atoms with Gasteiger partial charge in [-0.2, -0.15) is 0 Å². The summed E-state index contributed by atoms with van der Waals surface area (Å²) >= 11 is 3.40. The van der Waals surface area contributed by atoms with Crippen molar-refractivity contribution >= 4 is 27.8 Å². The Bertz CT molecular complexity index is 811. The molecule has 0 bridgehead atoms. The van der Waals surface area contributed by atoms with Crippen molar-refractivity contribution in [1.82, 2.24) is 0 Å². The Labute approximate surface area is 149 Å². The average Bonchev–Trinajstić information content (AvgIpc) is 2.74. The molecule has 1 heterocycles. The molecule has 0 fully saturated rings. The van der Waals surface area contributed by atoms with Crippen molar-refractivity contribution in [3.63, 3.8) is 0 Å². The summed E-state index contributed by atoms with van der Waals surface area (Å²) in [6.07, 6.45) is 2.43. The first-order valence-corrected chi connectivity index (χ1v) is 8.31. The van der Waals surface area contributed by atoms with E-state index in [-0.39, 0.29) is 5.78 Å². The van der Waals surface area contributed by atoms with Gasteiger partial charge < -0.3 is 14.2 Å². The molecule has 0 saturated carbocycles. The molecule has 0 amide bonds. The van der Waals surface area contributed by atoms with Crippen molar-refractivity contribution in [3.8, 4) is 17.2 Å². The SMILES string of the molecule is COc1ccc(/C=C2\CCOc3cc(Br)ccc3C2=O)cc1OC. The van der Waals surface area contributed by atoms with E-state index in [1.807, 2.05) is 36.4 Å². The number of rotatable bonds is 3. The van der Waals surface area contributed by atoms with E-state index >= 15 is 0 Å². The molecule has 0 N–H and O–H groups in total. The van der Waals surface area contributed by atoms with Crippen LogP contribution in [0, 0.1) is 0 Å². The lowest BCUT2D eigenvalue weighted by atomic mass is 9.99. The number of methoxy groups -OCH3 is 2. The van der Waals surface area contributed by atoms with E-state index in [0.29, 0.717) is 41.4 Å². The molecule has 0 unspecified atom stereocenters. The number of fused-ring (bicyclic) bond motifs is 1. The molecule has 5 heteroatoms. The van der Waals surface area contributed by atoms with Crippen molar-refractivity contribution in [2.45, 2.75) is 6.42 Å².